The Morgan fingerprint density at radius 3 is 0.887 bits per heavy atom. The van der Waals surface area contributed by atoms with Gasteiger partial charge in [-0.2, -0.15) is 0 Å². The van der Waals surface area contributed by atoms with E-state index in [-0.39, 0.29) is 37.6 Å². The predicted octanol–water partition coefficient (Wildman–Crippen LogP) is 9.12. The van der Waals surface area contributed by atoms with Crippen LogP contribution in [0.5, 0.6) is 0 Å². The van der Waals surface area contributed by atoms with Crippen molar-refractivity contribution in [3.05, 3.63) is 0 Å². The Labute approximate surface area is 377 Å². The number of aliphatic hydroxyl groups excluding tert-OH is 1. The van der Waals surface area contributed by atoms with E-state index in [0.29, 0.717) is 87.1 Å². The summed E-state index contributed by atoms with van der Waals surface area (Å²) in [5.74, 6) is 2.98. The van der Waals surface area contributed by atoms with Crippen LogP contribution in [0.1, 0.15) is 158 Å². The van der Waals surface area contributed by atoms with Gasteiger partial charge in [0.2, 0.25) is 0 Å². The van der Waals surface area contributed by atoms with E-state index in [9.17, 15) is 5.11 Å². The molecule has 11 heteroatoms. The molecule has 4 aliphatic carbocycles. The topological polar surface area (TPSA) is 119 Å². The molecule has 62 heavy (non-hydrogen) atoms. The highest BCUT2D eigenvalue weighted by Crippen LogP contribution is 2.50. The van der Waals surface area contributed by atoms with Crippen molar-refractivity contribution in [1.29, 1.82) is 0 Å². The van der Waals surface area contributed by atoms with E-state index in [0.717, 1.165) is 88.3 Å². The molecule has 4 saturated carbocycles. The zero-order chi connectivity index (χ0) is 44.1. The van der Waals surface area contributed by atoms with Gasteiger partial charge in [0, 0.05) is 0 Å². The molecule has 6 fully saturated rings. The van der Waals surface area contributed by atoms with Crippen LogP contribution in [-0.4, -0.2) is 138 Å². The molecule has 0 aromatic heterocycles. The van der Waals surface area contributed by atoms with E-state index >= 15 is 0 Å². The molecule has 2 saturated heterocycles. The van der Waals surface area contributed by atoms with Crippen LogP contribution in [-0.2, 0) is 47.4 Å². The largest absolute Gasteiger partial charge is 0.388 e. The fourth-order valence-corrected chi connectivity index (χ4v) is 11.3. The number of epoxide rings is 2. The van der Waals surface area contributed by atoms with Gasteiger partial charge in [-0.15, -0.1) is 0 Å². The van der Waals surface area contributed by atoms with Gasteiger partial charge >= 0.3 is 0 Å². The van der Waals surface area contributed by atoms with E-state index in [1.807, 2.05) is 13.8 Å². The minimum Gasteiger partial charge on any atom is -0.388 e. The standard InChI is InChI=1S/C51H92O11/c1-35(25-57-44-17-9-39(10-18-44)50(5,6)41-13-21-46(22-14-41)59-27-37(3)55-31-48-33-61-48)53-29-43(52)30-54-36(2)26-58-45-19-11-40(12-20-45)51(7,8)42-15-23-47(24-16-42)60-28-38(4)56-32-49-34-62-49/h35-49,52H,9-34H2,1-8H3. The molecule has 0 amide bonds. The van der Waals surface area contributed by atoms with Crippen molar-refractivity contribution in [2.45, 2.75) is 225 Å². The maximum atomic E-state index is 10.6. The fourth-order valence-electron chi connectivity index (χ4n) is 11.3. The van der Waals surface area contributed by atoms with E-state index in [1.54, 1.807) is 0 Å². The molecular formula is C51H92O11. The monoisotopic (exact) mass is 881 g/mol. The van der Waals surface area contributed by atoms with Crippen molar-refractivity contribution in [3.63, 3.8) is 0 Å². The highest BCUT2D eigenvalue weighted by molar-refractivity contribution is 4.93. The minimum atomic E-state index is -0.673. The van der Waals surface area contributed by atoms with Crippen molar-refractivity contribution in [2.75, 3.05) is 66.1 Å². The minimum absolute atomic E-state index is 0.0742. The van der Waals surface area contributed by atoms with Crippen LogP contribution in [0.4, 0.5) is 0 Å². The lowest BCUT2D eigenvalue weighted by molar-refractivity contribution is -0.103. The summed E-state index contributed by atoms with van der Waals surface area (Å²) >= 11 is 0. The summed E-state index contributed by atoms with van der Waals surface area (Å²) in [7, 11) is 0. The molecular weight excluding hydrogens is 789 g/mol. The molecule has 6 unspecified atom stereocenters. The number of rotatable bonds is 28. The normalized spacial score (nSPS) is 34.6. The first kappa shape index (κ1) is 51.0. The smallest absolute Gasteiger partial charge is 0.104 e. The molecule has 0 radical (unpaired) electrons. The zero-order valence-electron chi connectivity index (χ0n) is 40.6. The summed E-state index contributed by atoms with van der Waals surface area (Å²) in [6.45, 7) is 24.4. The van der Waals surface area contributed by atoms with Crippen LogP contribution >= 0.6 is 0 Å². The van der Waals surface area contributed by atoms with Crippen molar-refractivity contribution < 1.29 is 52.5 Å². The first-order chi connectivity index (χ1) is 29.7. The van der Waals surface area contributed by atoms with Gasteiger partial charge in [0.15, 0.2) is 0 Å². The third-order valence-electron chi connectivity index (χ3n) is 16.3. The van der Waals surface area contributed by atoms with E-state index < -0.39 is 6.10 Å². The quantitative estimate of drug-likeness (QED) is 0.0759. The van der Waals surface area contributed by atoms with Crippen LogP contribution in [0, 0.1) is 34.5 Å². The summed E-state index contributed by atoms with van der Waals surface area (Å²) in [5, 5.41) is 10.6. The first-order valence-electron chi connectivity index (χ1n) is 25.6. The van der Waals surface area contributed by atoms with E-state index in [1.165, 1.54) is 51.4 Å². The van der Waals surface area contributed by atoms with Crippen LogP contribution in [0.25, 0.3) is 0 Å². The lowest BCUT2D eigenvalue weighted by atomic mass is 9.60. The average Bonchev–Trinajstić information content (AvgIpc) is 4.23. The van der Waals surface area contributed by atoms with Gasteiger partial charge in [0.25, 0.3) is 0 Å². The molecule has 2 aliphatic heterocycles. The second-order valence-corrected chi connectivity index (χ2v) is 22.0. The second kappa shape index (κ2) is 25.1. The Balaban J connectivity index is 0.749. The van der Waals surface area contributed by atoms with E-state index in [2.05, 4.69) is 41.5 Å². The summed E-state index contributed by atoms with van der Waals surface area (Å²) in [5.41, 5.74) is 0.674. The van der Waals surface area contributed by atoms with Gasteiger partial charge in [0.05, 0.1) is 115 Å². The summed E-state index contributed by atoms with van der Waals surface area (Å²) in [6.07, 6.45) is 20.4. The number of ether oxygens (including phenoxy) is 10. The van der Waals surface area contributed by atoms with Crippen LogP contribution in [0.3, 0.4) is 0 Å². The molecule has 0 spiro atoms. The van der Waals surface area contributed by atoms with Crippen LogP contribution < -0.4 is 0 Å². The molecule has 362 valence electrons. The molecule has 0 bridgehead atoms. The molecule has 6 atom stereocenters. The molecule has 2 heterocycles. The number of hydrogen-bond acceptors (Lipinski definition) is 11. The Hall–Kier alpha value is -0.440. The number of hydrogen-bond donors (Lipinski definition) is 1. The summed E-state index contributed by atoms with van der Waals surface area (Å²) in [4.78, 5) is 0. The summed E-state index contributed by atoms with van der Waals surface area (Å²) < 4.78 is 59.4. The summed E-state index contributed by atoms with van der Waals surface area (Å²) in [6, 6.07) is 0. The lowest BCUT2D eigenvalue weighted by Gasteiger charge is -2.46. The van der Waals surface area contributed by atoms with Gasteiger partial charge in [-0.1, -0.05) is 27.7 Å². The number of aliphatic hydroxyl groups is 1. The Bertz CT molecular complexity index is 1120. The zero-order valence-corrected chi connectivity index (χ0v) is 40.6. The maximum absolute atomic E-state index is 10.6. The van der Waals surface area contributed by atoms with Crippen molar-refractivity contribution in [2.24, 2.45) is 34.5 Å². The molecule has 0 aromatic rings. The third-order valence-corrected chi connectivity index (χ3v) is 16.3. The van der Waals surface area contributed by atoms with Crippen LogP contribution in [0.15, 0.2) is 0 Å². The van der Waals surface area contributed by atoms with Crippen LogP contribution in [0.2, 0.25) is 0 Å². The fraction of sp³-hybridized carbons (Fsp3) is 1.00. The highest BCUT2D eigenvalue weighted by atomic mass is 16.6. The van der Waals surface area contributed by atoms with Gasteiger partial charge in [0.1, 0.15) is 18.3 Å². The van der Waals surface area contributed by atoms with Crippen molar-refractivity contribution in [1.82, 2.24) is 0 Å². The predicted molar refractivity (Wildman–Crippen MR) is 241 cm³/mol. The van der Waals surface area contributed by atoms with Gasteiger partial charge in [-0.05, 0) is 165 Å². The average molecular weight is 881 g/mol. The SMILES string of the molecule is CC(COC1CCC(C(C)(C)C2CCC(OCC(C)OCC3CO3)CC2)CC1)OCC(O)COC(C)COC1CCC(C(C)(C)C2CCC(OCC(C)OCC3CO3)CC2)CC1. The Morgan fingerprint density at radius 1 is 0.403 bits per heavy atom. The second-order valence-electron chi connectivity index (χ2n) is 22.0. The Morgan fingerprint density at radius 2 is 0.645 bits per heavy atom. The van der Waals surface area contributed by atoms with Gasteiger partial charge in [-0.3, -0.25) is 0 Å². The van der Waals surface area contributed by atoms with E-state index in [4.69, 9.17) is 47.4 Å². The maximum Gasteiger partial charge on any atom is 0.104 e. The highest BCUT2D eigenvalue weighted by Gasteiger charge is 2.42. The molecule has 6 aliphatic rings. The third kappa shape index (κ3) is 17.0. The van der Waals surface area contributed by atoms with Crippen molar-refractivity contribution in [3.8, 4) is 0 Å². The van der Waals surface area contributed by atoms with Gasteiger partial charge in [-0.25, -0.2) is 0 Å². The van der Waals surface area contributed by atoms with Crippen molar-refractivity contribution >= 4 is 0 Å². The first-order valence-corrected chi connectivity index (χ1v) is 25.6. The van der Waals surface area contributed by atoms with Gasteiger partial charge < -0.3 is 52.5 Å². The lowest BCUT2D eigenvalue weighted by Crippen LogP contribution is -2.39. The molecule has 6 rings (SSSR count). The molecule has 0 aromatic carbocycles. The molecule has 1 N–H and O–H groups in total. The molecule has 11 nitrogen and oxygen atoms in total. The Kier molecular flexibility index (Phi) is 20.6.